The molecule has 0 amide bonds. The zero-order valence-electron chi connectivity index (χ0n) is 13.4. The molecular weight excluding hydrogens is 304 g/mol. The van der Waals surface area contributed by atoms with Crippen molar-refractivity contribution in [2.24, 2.45) is 0 Å². The number of fused-ring (bicyclic) bond motifs is 1. The summed E-state index contributed by atoms with van der Waals surface area (Å²) in [4.78, 5) is 19.9. The Morgan fingerprint density at radius 2 is 1.92 bits per heavy atom. The van der Waals surface area contributed by atoms with E-state index in [4.69, 9.17) is 4.74 Å². The van der Waals surface area contributed by atoms with E-state index in [9.17, 15) is 0 Å². The van der Waals surface area contributed by atoms with Gasteiger partial charge in [-0.2, -0.15) is 0 Å². The van der Waals surface area contributed by atoms with Crippen LogP contribution in [0, 0.1) is 0 Å². The zero-order chi connectivity index (χ0) is 16.4. The quantitative estimate of drug-likeness (QED) is 0.783. The lowest BCUT2D eigenvalue weighted by atomic mass is 10.1. The molecule has 0 bridgehead atoms. The number of pyridine rings is 2. The van der Waals surface area contributed by atoms with Gasteiger partial charge < -0.3 is 15.0 Å². The number of anilines is 1. The molecule has 1 fully saturated rings. The van der Waals surface area contributed by atoms with Crippen LogP contribution in [0.4, 0.5) is 5.82 Å². The third-order valence-corrected chi connectivity index (χ3v) is 4.16. The summed E-state index contributed by atoms with van der Waals surface area (Å²) in [5.41, 5.74) is 2.64. The van der Waals surface area contributed by atoms with E-state index in [2.05, 4.69) is 30.2 Å². The van der Waals surface area contributed by atoms with Gasteiger partial charge in [0.1, 0.15) is 12.1 Å². The smallest absolute Gasteiger partial charge is 0.212 e. The van der Waals surface area contributed by atoms with Crippen molar-refractivity contribution in [2.45, 2.75) is 0 Å². The van der Waals surface area contributed by atoms with Gasteiger partial charge in [0, 0.05) is 49.4 Å². The highest BCUT2D eigenvalue weighted by atomic mass is 16.5. The third kappa shape index (κ3) is 2.74. The molecule has 3 aromatic rings. The highest BCUT2D eigenvalue weighted by Gasteiger charge is 2.16. The van der Waals surface area contributed by atoms with Crippen molar-refractivity contribution < 1.29 is 4.74 Å². The van der Waals surface area contributed by atoms with E-state index in [-0.39, 0.29) is 0 Å². The Labute approximate surface area is 139 Å². The number of hydrogen-bond acceptors (Lipinski definition) is 7. The number of methoxy groups -OCH3 is 1. The first-order valence-corrected chi connectivity index (χ1v) is 7.92. The SMILES string of the molecule is COc1ccc(-c2cc3c(N4CCNCC4)ncnc3cn2)cn1. The molecular formula is C17H18N6O. The maximum atomic E-state index is 5.11. The van der Waals surface area contributed by atoms with Gasteiger partial charge in [0.25, 0.3) is 0 Å². The number of nitrogens with zero attached hydrogens (tertiary/aromatic N) is 5. The molecule has 1 N–H and O–H groups in total. The molecule has 0 atom stereocenters. The predicted molar refractivity (Wildman–Crippen MR) is 92.2 cm³/mol. The fraction of sp³-hybridized carbons (Fsp3) is 0.294. The molecule has 7 heteroatoms. The average molecular weight is 322 g/mol. The minimum absolute atomic E-state index is 0.587. The van der Waals surface area contributed by atoms with Crippen LogP contribution in [0.5, 0.6) is 5.88 Å². The minimum atomic E-state index is 0.587. The summed E-state index contributed by atoms with van der Waals surface area (Å²) in [5.74, 6) is 1.55. The van der Waals surface area contributed by atoms with E-state index in [1.807, 2.05) is 18.2 Å². The average Bonchev–Trinajstić information content (AvgIpc) is 2.68. The molecule has 3 aromatic heterocycles. The molecule has 24 heavy (non-hydrogen) atoms. The van der Waals surface area contributed by atoms with E-state index in [1.54, 1.807) is 25.8 Å². The Morgan fingerprint density at radius 1 is 1.04 bits per heavy atom. The van der Waals surface area contributed by atoms with Gasteiger partial charge in [-0.3, -0.25) is 4.98 Å². The molecule has 0 radical (unpaired) electrons. The fourth-order valence-corrected chi connectivity index (χ4v) is 2.88. The second-order valence-electron chi connectivity index (χ2n) is 5.61. The largest absolute Gasteiger partial charge is 0.481 e. The van der Waals surface area contributed by atoms with Crippen LogP contribution in [0.3, 0.4) is 0 Å². The van der Waals surface area contributed by atoms with E-state index in [1.165, 1.54) is 0 Å². The highest BCUT2D eigenvalue weighted by molar-refractivity contribution is 5.91. The van der Waals surface area contributed by atoms with Gasteiger partial charge in [0.2, 0.25) is 5.88 Å². The van der Waals surface area contributed by atoms with Crippen LogP contribution in [0.2, 0.25) is 0 Å². The molecule has 1 aliphatic heterocycles. The van der Waals surface area contributed by atoms with E-state index in [0.717, 1.165) is 54.2 Å². The Hall–Kier alpha value is -2.80. The topological polar surface area (TPSA) is 76.1 Å². The second-order valence-corrected chi connectivity index (χ2v) is 5.61. The first-order chi connectivity index (χ1) is 11.8. The van der Waals surface area contributed by atoms with Crippen molar-refractivity contribution in [3.05, 3.63) is 36.9 Å². The van der Waals surface area contributed by atoms with Crippen molar-refractivity contribution in [3.63, 3.8) is 0 Å². The number of nitrogens with one attached hydrogen (secondary N) is 1. The zero-order valence-corrected chi connectivity index (χ0v) is 13.4. The van der Waals surface area contributed by atoms with Crippen molar-refractivity contribution >= 4 is 16.7 Å². The van der Waals surface area contributed by atoms with Gasteiger partial charge in [-0.15, -0.1) is 0 Å². The standard InChI is InChI=1S/C17H18N6O/c1-24-16-3-2-12(9-20-16)14-8-13-15(10-19-14)21-11-22-17(13)23-6-4-18-5-7-23/h2-3,8-11,18H,4-7H2,1H3. The van der Waals surface area contributed by atoms with Crippen LogP contribution in [0.1, 0.15) is 0 Å². The monoisotopic (exact) mass is 322 g/mol. The van der Waals surface area contributed by atoms with Crippen LogP contribution in [0.15, 0.2) is 36.9 Å². The van der Waals surface area contributed by atoms with Crippen LogP contribution in [-0.2, 0) is 0 Å². The molecule has 0 spiro atoms. The van der Waals surface area contributed by atoms with Gasteiger partial charge >= 0.3 is 0 Å². The third-order valence-electron chi connectivity index (χ3n) is 4.16. The van der Waals surface area contributed by atoms with E-state index >= 15 is 0 Å². The van der Waals surface area contributed by atoms with Crippen LogP contribution in [-0.4, -0.2) is 53.2 Å². The fourth-order valence-electron chi connectivity index (χ4n) is 2.88. The van der Waals surface area contributed by atoms with Gasteiger partial charge in [0.15, 0.2) is 0 Å². The Kier molecular flexibility index (Phi) is 3.92. The number of hydrogen-bond donors (Lipinski definition) is 1. The Morgan fingerprint density at radius 3 is 2.67 bits per heavy atom. The molecule has 1 saturated heterocycles. The van der Waals surface area contributed by atoms with Crippen LogP contribution >= 0.6 is 0 Å². The summed E-state index contributed by atoms with van der Waals surface area (Å²) < 4.78 is 5.11. The number of rotatable bonds is 3. The summed E-state index contributed by atoms with van der Waals surface area (Å²) >= 11 is 0. The first kappa shape index (κ1) is 14.8. The summed E-state index contributed by atoms with van der Waals surface area (Å²) in [6, 6.07) is 5.82. The maximum Gasteiger partial charge on any atom is 0.212 e. The van der Waals surface area contributed by atoms with Gasteiger partial charge in [-0.1, -0.05) is 0 Å². The molecule has 4 heterocycles. The van der Waals surface area contributed by atoms with Gasteiger partial charge in [0.05, 0.1) is 24.5 Å². The summed E-state index contributed by atoms with van der Waals surface area (Å²) in [6.45, 7) is 3.80. The molecule has 7 nitrogen and oxygen atoms in total. The number of piperazine rings is 1. The number of aromatic nitrogens is 4. The normalized spacial score (nSPS) is 14.8. The predicted octanol–water partition coefficient (Wildman–Crippen LogP) is 1.50. The lowest BCUT2D eigenvalue weighted by Crippen LogP contribution is -2.44. The van der Waals surface area contributed by atoms with Crippen molar-refractivity contribution in [1.29, 1.82) is 0 Å². The van der Waals surface area contributed by atoms with Crippen molar-refractivity contribution in [2.75, 3.05) is 38.2 Å². The maximum absolute atomic E-state index is 5.11. The summed E-state index contributed by atoms with van der Waals surface area (Å²) in [5, 5.41) is 4.38. The first-order valence-electron chi connectivity index (χ1n) is 7.92. The lowest BCUT2D eigenvalue weighted by Gasteiger charge is -2.29. The number of ether oxygens (including phenoxy) is 1. The van der Waals surface area contributed by atoms with Gasteiger partial charge in [-0.05, 0) is 12.1 Å². The molecule has 0 unspecified atom stereocenters. The van der Waals surface area contributed by atoms with Crippen LogP contribution < -0.4 is 15.0 Å². The highest BCUT2D eigenvalue weighted by Crippen LogP contribution is 2.27. The minimum Gasteiger partial charge on any atom is -0.481 e. The van der Waals surface area contributed by atoms with Gasteiger partial charge in [-0.25, -0.2) is 15.0 Å². The molecule has 1 aliphatic rings. The Bertz CT molecular complexity index is 845. The second kappa shape index (κ2) is 6.37. The molecule has 0 aromatic carbocycles. The Balaban J connectivity index is 1.77. The molecule has 122 valence electrons. The lowest BCUT2D eigenvalue weighted by molar-refractivity contribution is 0.398. The molecule has 0 saturated carbocycles. The molecule has 0 aliphatic carbocycles. The van der Waals surface area contributed by atoms with E-state index in [0.29, 0.717) is 5.88 Å². The summed E-state index contributed by atoms with van der Waals surface area (Å²) in [7, 11) is 1.60. The van der Waals surface area contributed by atoms with E-state index < -0.39 is 0 Å². The van der Waals surface area contributed by atoms with Crippen LogP contribution in [0.25, 0.3) is 22.2 Å². The molecule has 4 rings (SSSR count). The summed E-state index contributed by atoms with van der Waals surface area (Å²) in [6.07, 6.45) is 5.17. The van der Waals surface area contributed by atoms with Crippen molar-refractivity contribution in [3.8, 4) is 17.1 Å². The van der Waals surface area contributed by atoms with Crippen molar-refractivity contribution in [1.82, 2.24) is 25.3 Å².